The maximum Gasteiger partial charge on any atom is 0.350 e. The van der Waals surface area contributed by atoms with Crippen LogP contribution in [0.2, 0.25) is 5.02 Å². The van der Waals surface area contributed by atoms with E-state index in [9.17, 15) is 14.4 Å². The SMILES string of the molecule is C=CCOC(=O)c1sc(N2C(=O)c3oc4ccc(Br)cc4c(=O)c3C2c2ccc(Cl)cc2)nc1C. The Bertz CT molecular complexity index is 1580. The molecule has 10 heteroatoms. The maximum absolute atomic E-state index is 13.7. The monoisotopic (exact) mass is 570 g/mol. The fourth-order valence-electron chi connectivity index (χ4n) is 3.98. The highest BCUT2D eigenvalue weighted by atomic mass is 79.9. The largest absolute Gasteiger partial charge is 0.457 e. The third kappa shape index (κ3) is 3.99. The number of hydrogen-bond donors (Lipinski definition) is 0. The van der Waals surface area contributed by atoms with E-state index >= 15 is 0 Å². The number of thiazole rings is 1. The molecule has 0 spiro atoms. The molecule has 0 saturated heterocycles. The van der Waals surface area contributed by atoms with Crippen LogP contribution in [-0.2, 0) is 4.74 Å². The van der Waals surface area contributed by atoms with Gasteiger partial charge in [-0.05, 0) is 42.8 Å². The Morgan fingerprint density at radius 1 is 1.29 bits per heavy atom. The zero-order valence-corrected chi connectivity index (χ0v) is 21.4. The summed E-state index contributed by atoms with van der Waals surface area (Å²) in [5.41, 5.74) is 1.23. The summed E-state index contributed by atoms with van der Waals surface area (Å²) in [5.74, 6) is -1.15. The van der Waals surface area contributed by atoms with E-state index in [1.807, 2.05) is 0 Å². The molecule has 1 atom stereocenters. The van der Waals surface area contributed by atoms with Gasteiger partial charge in [0.1, 0.15) is 17.1 Å². The Hall–Kier alpha value is -3.27. The number of ether oxygens (including phenoxy) is 1. The fraction of sp³-hybridized carbons (Fsp3) is 0.120. The minimum atomic E-state index is -0.822. The number of aromatic nitrogens is 1. The van der Waals surface area contributed by atoms with Crippen LogP contribution in [-0.4, -0.2) is 23.5 Å². The van der Waals surface area contributed by atoms with Crippen molar-refractivity contribution in [3.63, 3.8) is 0 Å². The van der Waals surface area contributed by atoms with Crippen LogP contribution < -0.4 is 10.3 Å². The van der Waals surface area contributed by atoms with Gasteiger partial charge in [-0.25, -0.2) is 9.78 Å². The summed E-state index contributed by atoms with van der Waals surface area (Å²) in [7, 11) is 0. The summed E-state index contributed by atoms with van der Waals surface area (Å²) in [6.07, 6.45) is 1.46. The summed E-state index contributed by atoms with van der Waals surface area (Å²) in [5, 5.41) is 1.10. The molecule has 35 heavy (non-hydrogen) atoms. The topological polar surface area (TPSA) is 89.7 Å². The molecule has 5 rings (SSSR count). The standard InChI is InChI=1S/C25H16BrClN2O5S/c1-3-10-33-24(32)22-12(2)28-25(35-22)29-19(13-4-7-15(27)8-5-13)18-20(30)16-11-14(26)6-9-17(16)34-21(18)23(29)31/h3-9,11,19H,1,10H2,2H3. The lowest BCUT2D eigenvalue weighted by Crippen LogP contribution is -2.29. The second-order valence-electron chi connectivity index (χ2n) is 7.74. The first-order chi connectivity index (χ1) is 16.8. The number of carbonyl (C=O) groups excluding carboxylic acids is 2. The van der Waals surface area contributed by atoms with E-state index in [1.165, 1.54) is 11.0 Å². The number of nitrogens with zero attached hydrogens (tertiary/aromatic N) is 2. The van der Waals surface area contributed by atoms with Crippen molar-refractivity contribution >= 4 is 66.8 Å². The first kappa shape index (κ1) is 23.5. The summed E-state index contributed by atoms with van der Waals surface area (Å²) >= 11 is 10.5. The average molecular weight is 572 g/mol. The van der Waals surface area contributed by atoms with Crippen LogP contribution in [0.15, 0.2) is 68.8 Å². The number of rotatable bonds is 5. The van der Waals surface area contributed by atoms with Gasteiger partial charge in [0.05, 0.1) is 22.7 Å². The van der Waals surface area contributed by atoms with Crippen LogP contribution in [0, 0.1) is 6.92 Å². The van der Waals surface area contributed by atoms with Crippen LogP contribution in [0.25, 0.3) is 11.0 Å². The van der Waals surface area contributed by atoms with Crippen LogP contribution in [0.5, 0.6) is 0 Å². The van der Waals surface area contributed by atoms with Gasteiger partial charge in [-0.2, -0.15) is 0 Å². The smallest absolute Gasteiger partial charge is 0.350 e. The lowest BCUT2D eigenvalue weighted by Gasteiger charge is -2.22. The molecule has 1 aliphatic heterocycles. The molecule has 3 heterocycles. The van der Waals surface area contributed by atoms with Crippen LogP contribution >= 0.6 is 38.9 Å². The van der Waals surface area contributed by atoms with E-state index in [0.29, 0.717) is 31.7 Å². The molecule has 1 unspecified atom stereocenters. The van der Waals surface area contributed by atoms with Gasteiger partial charge in [-0.3, -0.25) is 14.5 Å². The van der Waals surface area contributed by atoms with Crippen molar-refractivity contribution in [2.75, 3.05) is 11.5 Å². The molecular formula is C25H16BrClN2O5S. The highest BCUT2D eigenvalue weighted by Crippen LogP contribution is 2.43. The van der Waals surface area contributed by atoms with Crippen molar-refractivity contribution < 1.29 is 18.7 Å². The molecule has 0 aliphatic carbocycles. The number of benzene rings is 2. The first-order valence-corrected chi connectivity index (χ1v) is 12.4. The summed E-state index contributed by atoms with van der Waals surface area (Å²) in [6.45, 7) is 5.25. The molecule has 0 bridgehead atoms. The fourth-order valence-corrected chi connectivity index (χ4v) is 5.45. The van der Waals surface area contributed by atoms with Gasteiger partial charge in [0.2, 0.25) is 5.76 Å². The third-order valence-corrected chi connectivity index (χ3v) is 7.41. The van der Waals surface area contributed by atoms with Crippen molar-refractivity contribution in [3.8, 4) is 0 Å². The predicted molar refractivity (Wildman–Crippen MR) is 138 cm³/mol. The molecule has 1 amide bonds. The van der Waals surface area contributed by atoms with Gasteiger partial charge in [0.25, 0.3) is 5.91 Å². The Morgan fingerprint density at radius 3 is 2.74 bits per heavy atom. The number of anilines is 1. The summed E-state index contributed by atoms with van der Waals surface area (Å²) < 4.78 is 11.8. The van der Waals surface area contributed by atoms with Crippen LogP contribution in [0.1, 0.15) is 43.1 Å². The van der Waals surface area contributed by atoms with Gasteiger partial charge < -0.3 is 9.15 Å². The van der Waals surface area contributed by atoms with E-state index in [0.717, 1.165) is 11.3 Å². The Morgan fingerprint density at radius 2 is 2.03 bits per heavy atom. The van der Waals surface area contributed by atoms with Crippen LogP contribution in [0.3, 0.4) is 0 Å². The molecule has 2 aromatic carbocycles. The molecule has 176 valence electrons. The highest BCUT2D eigenvalue weighted by Gasteiger charge is 2.45. The van der Waals surface area contributed by atoms with Crippen molar-refractivity contribution in [3.05, 3.63) is 102 Å². The Labute approximate surface area is 216 Å². The molecule has 0 N–H and O–H groups in total. The van der Waals surface area contributed by atoms with Crippen molar-refractivity contribution in [2.45, 2.75) is 13.0 Å². The number of hydrogen-bond acceptors (Lipinski definition) is 7. The van der Waals surface area contributed by atoms with Gasteiger partial charge in [-0.15, -0.1) is 0 Å². The van der Waals surface area contributed by atoms with E-state index in [2.05, 4.69) is 27.5 Å². The molecule has 0 saturated carbocycles. The van der Waals surface area contributed by atoms with E-state index in [4.69, 9.17) is 20.8 Å². The quantitative estimate of drug-likeness (QED) is 0.213. The minimum absolute atomic E-state index is 0.0492. The summed E-state index contributed by atoms with van der Waals surface area (Å²) in [4.78, 5) is 45.9. The van der Waals surface area contributed by atoms with Crippen molar-refractivity contribution in [1.82, 2.24) is 4.98 Å². The third-order valence-electron chi connectivity index (χ3n) is 5.53. The molecule has 7 nitrogen and oxygen atoms in total. The Balaban J connectivity index is 1.72. The molecule has 0 fully saturated rings. The van der Waals surface area contributed by atoms with Crippen molar-refractivity contribution in [2.24, 2.45) is 0 Å². The van der Waals surface area contributed by atoms with Gasteiger partial charge in [-0.1, -0.05) is 63.7 Å². The lowest BCUT2D eigenvalue weighted by atomic mass is 9.99. The molecule has 1 aliphatic rings. The van der Waals surface area contributed by atoms with Crippen molar-refractivity contribution in [1.29, 1.82) is 0 Å². The van der Waals surface area contributed by atoms with E-state index in [-0.39, 0.29) is 33.4 Å². The first-order valence-electron chi connectivity index (χ1n) is 10.4. The highest BCUT2D eigenvalue weighted by molar-refractivity contribution is 9.10. The number of aryl methyl sites for hydroxylation is 1. The Kier molecular flexibility index (Phi) is 6.08. The normalized spacial score (nSPS) is 14.9. The minimum Gasteiger partial charge on any atom is -0.457 e. The number of fused-ring (bicyclic) bond motifs is 2. The second kappa shape index (κ2) is 9.07. The van der Waals surface area contributed by atoms with E-state index in [1.54, 1.807) is 49.4 Å². The molecular weight excluding hydrogens is 556 g/mol. The van der Waals surface area contributed by atoms with Gasteiger partial charge in [0, 0.05) is 9.50 Å². The number of esters is 1. The number of amides is 1. The zero-order chi connectivity index (χ0) is 24.9. The molecule has 4 aromatic rings. The molecule has 0 radical (unpaired) electrons. The zero-order valence-electron chi connectivity index (χ0n) is 18.2. The van der Waals surface area contributed by atoms with Gasteiger partial charge >= 0.3 is 5.97 Å². The predicted octanol–water partition coefficient (Wildman–Crippen LogP) is 6.07. The maximum atomic E-state index is 13.7. The van der Waals surface area contributed by atoms with Gasteiger partial charge in [0.15, 0.2) is 10.6 Å². The van der Waals surface area contributed by atoms with Crippen LogP contribution in [0.4, 0.5) is 5.13 Å². The second-order valence-corrected chi connectivity index (χ2v) is 10.1. The number of carbonyl (C=O) groups is 2. The van der Waals surface area contributed by atoms with E-state index < -0.39 is 17.9 Å². The number of halogens is 2. The lowest BCUT2D eigenvalue weighted by molar-refractivity contribution is 0.0554. The molecule has 2 aromatic heterocycles. The average Bonchev–Trinajstić information content (AvgIpc) is 3.36. The summed E-state index contributed by atoms with van der Waals surface area (Å²) in [6, 6.07) is 11.1.